The highest BCUT2D eigenvalue weighted by Gasteiger charge is 2.18. The lowest BCUT2D eigenvalue weighted by molar-refractivity contribution is 0.122. The van der Waals surface area contributed by atoms with Gasteiger partial charge < -0.3 is 14.6 Å². The summed E-state index contributed by atoms with van der Waals surface area (Å²) in [6.45, 7) is 8.82. The number of aryl methyl sites for hydroxylation is 2. The molecule has 1 aliphatic rings. The zero-order valence-corrected chi connectivity index (χ0v) is 20.7. The molecule has 1 aliphatic heterocycles. The van der Waals surface area contributed by atoms with Crippen LogP contribution < -0.4 is 10.5 Å². The number of H-pyrrole nitrogens is 1. The van der Waals surface area contributed by atoms with E-state index in [4.69, 9.17) is 9.72 Å². The molecule has 5 rings (SSSR count). The van der Waals surface area contributed by atoms with Gasteiger partial charge in [0.05, 0.1) is 25.1 Å². The van der Waals surface area contributed by atoms with Gasteiger partial charge in [-0.15, -0.1) is 11.3 Å². The number of morpholine rings is 1. The molecule has 2 aromatic carbocycles. The summed E-state index contributed by atoms with van der Waals surface area (Å²) in [5, 5.41) is 0.690. The lowest BCUT2D eigenvalue weighted by Crippen LogP contribution is -2.37. The second-order valence-electron chi connectivity index (χ2n) is 8.99. The Labute approximate surface area is 203 Å². The third-order valence-electron chi connectivity index (χ3n) is 6.33. The minimum Gasteiger partial charge on any atom is -0.378 e. The summed E-state index contributed by atoms with van der Waals surface area (Å²) in [4.78, 5) is 27.5. The summed E-state index contributed by atoms with van der Waals surface area (Å²) in [5.74, 6) is 0.695. The van der Waals surface area contributed by atoms with Gasteiger partial charge in [0.2, 0.25) is 0 Å². The molecule has 6 nitrogen and oxygen atoms in total. The van der Waals surface area contributed by atoms with E-state index >= 15 is 0 Å². The van der Waals surface area contributed by atoms with Crippen LogP contribution in [0.25, 0.3) is 21.3 Å². The number of aromatic nitrogens is 2. The zero-order chi connectivity index (χ0) is 23.7. The van der Waals surface area contributed by atoms with Gasteiger partial charge in [-0.2, -0.15) is 0 Å². The van der Waals surface area contributed by atoms with Crippen LogP contribution in [0.1, 0.15) is 21.8 Å². The summed E-state index contributed by atoms with van der Waals surface area (Å²) in [5.41, 5.74) is 5.71. The highest BCUT2D eigenvalue weighted by atomic mass is 32.1. The number of benzene rings is 2. The SMILES string of the molecule is Cc1ccc(-c2c(C)sc3nc(CN(C)Cc4ccccc4N4CCOCC4)[nH]c(=O)c23)cc1. The van der Waals surface area contributed by atoms with Crippen LogP contribution in [-0.4, -0.2) is 48.2 Å². The third kappa shape index (κ3) is 4.64. The van der Waals surface area contributed by atoms with E-state index in [1.165, 1.54) is 16.8 Å². The van der Waals surface area contributed by atoms with E-state index in [-0.39, 0.29) is 5.56 Å². The summed E-state index contributed by atoms with van der Waals surface area (Å²) in [7, 11) is 2.07. The number of anilines is 1. The van der Waals surface area contributed by atoms with Crippen molar-refractivity contribution >= 4 is 27.2 Å². The molecule has 1 N–H and O–H groups in total. The number of hydrogen-bond donors (Lipinski definition) is 1. The number of fused-ring (bicyclic) bond motifs is 1. The summed E-state index contributed by atoms with van der Waals surface area (Å²) in [6.07, 6.45) is 0. The molecule has 0 spiro atoms. The minimum absolute atomic E-state index is 0.0676. The van der Waals surface area contributed by atoms with Gasteiger partial charge >= 0.3 is 0 Å². The first-order valence-electron chi connectivity index (χ1n) is 11.7. The molecular weight excluding hydrogens is 444 g/mol. The molecule has 0 bridgehead atoms. The Morgan fingerprint density at radius 3 is 2.56 bits per heavy atom. The standard InChI is InChI=1S/C27H30N4O2S/c1-18-8-10-20(11-9-18)24-19(2)34-27-25(24)26(32)28-23(29-27)17-30(3)16-21-6-4-5-7-22(21)31-12-14-33-15-13-31/h4-11H,12-17H2,1-3H3,(H,28,29,32). The molecule has 176 valence electrons. The van der Waals surface area contributed by atoms with E-state index in [1.807, 2.05) is 0 Å². The van der Waals surface area contributed by atoms with Crippen molar-refractivity contribution in [3.05, 3.63) is 80.7 Å². The average molecular weight is 475 g/mol. The number of thiophene rings is 1. The van der Waals surface area contributed by atoms with Crippen molar-refractivity contribution < 1.29 is 4.74 Å². The quantitative estimate of drug-likeness (QED) is 0.438. The molecule has 3 heterocycles. The van der Waals surface area contributed by atoms with Crippen LogP contribution >= 0.6 is 11.3 Å². The van der Waals surface area contributed by atoms with E-state index in [0.717, 1.165) is 53.7 Å². The Morgan fingerprint density at radius 2 is 1.79 bits per heavy atom. The number of hydrogen-bond acceptors (Lipinski definition) is 6. The number of ether oxygens (including phenoxy) is 1. The molecule has 2 aromatic heterocycles. The highest BCUT2D eigenvalue weighted by Crippen LogP contribution is 2.35. The van der Waals surface area contributed by atoms with Gasteiger partial charge in [0.15, 0.2) is 0 Å². The van der Waals surface area contributed by atoms with E-state index in [0.29, 0.717) is 17.8 Å². The van der Waals surface area contributed by atoms with Crippen molar-refractivity contribution in [2.45, 2.75) is 26.9 Å². The first-order valence-corrected chi connectivity index (χ1v) is 12.5. The van der Waals surface area contributed by atoms with Gasteiger partial charge in [-0.1, -0.05) is 48.0 Å². The van der Waals surface area contributed by atoms with E-state index in [9.17, 15) is 4.79 Å². The van der Waals surface area contributed by atoms with Crippen LogP contribution in [0.3, 0.4) is 0 Å². The van der Waals surface area contributed by atoms with Crippen molar-refractivity contribution in [2.24, 2.45) is 0 Å². The molecule has 1 fully saturated rings. The largest absolute Gasteiger partial charge is 0.378 e. The maximum atomic E-state index is 13.1. The Bertz CT molecular complexity index is 1350. The first-order chi connectivity index (χ1) is 16.5. The summed E-state index contributed by atoms with van der Waals surface area (Å²) in [6, 6.07) is 16.9. The second kappa shape index (κ2) is 9.70. The molecule has 0 aliphatic carbocycles. The third-order valence-corrected chi connectivity index (χ3v) is 7.33. The number of nitrogens with zero attached hydrogens (tertiary/aromatic N) is 3. The molecule has 0 unspecified atom stereocenters. The normalized spacial score (nSPS) is 14.3. The monoisotopic (exact) mass is 474 g/mol. The molecule has 7 heteroatoms. The van der Waals surface area contributed by atoms with Gasteiger partial charge in [0, 0.05) is 35.8 Å². The molecule has 0 radical (unpaired) electrons. The van der Waals surface area contributed by atoms with Crippen molar-refractivity contribution in [1.29, 1.82) is 0 Å². The molecule has 4 aromatic rings. The average Bonchev–Trinajstić information content (AvgIpc) is 3.16. The fraction of sp³-hybridized carbons (Fsp3) is 0.333. The number of aromatic amines is 1. The van der Waals surface area contributed by atoms with E-state index in [1.54, 1.807) is 11.3 Å². The van der Waals surface area contributed by atoms with Gasteiger partial charge in [-0.05, 0) is 38.1 Å². The Balaban J connectivity index is 1.39. The van der Waals surface area contributed by atoms with Gasteiger partial charge in [-0.3, -0.25) is 9.69 Å². The van der Waals surface area contributed by atoms with Crippen molar-refractivity contribution in [1.82, 2.24) is 14.9 Å². The molecular formula is C27H30N4O2S. The Hall–Kier alpha value is -3.00. The topological polar surface area (TPSA) is 61.5 Å². The van der Waals surface area contributed by atoms with Crippen molar-refractivity contribution in [2.75, 3.05) is 38.3 Å². The Morgan fingerprint density at radius 1 is 1.06 bits per heavy atom. The predicted molar refractivity (Wildman–Crippen MR) is 140 cm³/mol. The molecule has 34 heavy (non-hydrogen) atoms. The van der Waals surface area contributed by atoms with Crippen LogP contribution in [0.2, 0.25) is 0 Å². The van der Waals surface area contributed by atoms with Crippen LogP contribution in [0, 0.1) is 13.8 Å². The first kappa shape index (κ1) is 22.8. The van der Waals surface area contributed by atoms with Crippen LogP contribution in [0.15, 0.2) is 53.3 Å². The number of para-hydroxylation sites is 1. The highest BCUT2D eigenvalue weighted by molar-refractivity contribution is 7.19. The smallest absolute Gasteiger partial charge is 0.260 e. The predicted octanol–water partition coefficient (Wildman–Crippen LogP) is 4.74. The molecule has 0 atom stereocenters. The number of nitrogens with one attached hydrogen (secondary N) is 1. The molecule has 0 amide bonds. The maximum Gasteiger partial charge on any atom is 0.260 e. The van der Waals surface area contributed by atoms with E-state index in [2.05, 4.69) is 84.2 Å². The fourth-order valence-electron chi connectivity index (χ4n) is 4.67. The summed E-state index contributed by atoms with van der Waals surface area (Å²) < 4.78 is 5.52. The molecule has 1 saturated heterocycles. The maximum absolute atomic E-state index is 13.1. The molecule has 0 saturated carbocycles. The van der Waals surface area contributed by atoms with Crippen molar-refractivity contribution in [3.63, 3.8) is 0 Å². The van der Waals surface area contributed by atoms with Crippen LogP contribution in [0.5, 0.6) is 0 Å². The van der Waals surface area contributed by atoms with E-state index < -0.39 is 0 Å². The lowest BCUT2D eigenvalue weighted by atomic mass is 10.0. The van der Waals surface area contributed by atoms with Crippen molar-refractivity contribution in [3.8, 4) is 11.1 Å². The zero-order valence-electron chi connectivity index (χ0n) is 19.9. The van der Waals surface area contributed by atoms with Gasteiger partial charge in [-0.25, -0.2) is 4.98 Å². The lowest BCUT2D eigenvalue weighted by Gasteiger charge is -2.31. The number of rotatable bonds is 6. The van der Waals surface area contributed by atoms with Gasteiger partial charge in [0.1, 0.15) is 10.7 Å². The fourth-order valence-corrected chi connectivity index (χ4v) is 5.73. The van der Waals surface area contributed by atoms with Crippen LogP contribution in [0.4, 0.5) is 5.69 Å². The second-order valence-corrected chi connectivity index (χ2v) is 10.2. The summed E-state index contributed by atoms with van der Waals surface area (Å²) >= 11 is 1.59. The van der Waals surface area contributed by atoms with Crippen LogP contribution in [-0.2, 0) is 17.8 Å². The van der Waals surface area contributed by atoms with Gasteiger partial charge in [0.25, 0.3) is 5.56 Å². The minimum atomic E-state index is -0.0676. The Kier molecular flexibility index (Phi) is 6.50.